The summed E-state index contributed by atoms with van der Waals surface area (Å²) in [6, 6.07) is 0.339. The maximum absolute atomic E-state index is 11.9. The molecular formula is C13H21N5O3. The second-order valence-corrected chi connectivity index (χ2v) is 5.40. The molecule has 0 aromatic carbocycles. The van der Waals surface area contributed by atoms with Gasteiger partial charge in [0.15, 0.2) is 0 Å². The first-order valence-electron chi connectivity index (χ1n) is 7.16. The minimum atomic E-state index is -0.250. The van der Waals surface area contributed by atoms with Crippen molar-refractivity contribution >= 4 is 12.4 Å². The van der Waals surface area contributed by atoms with Gasteiger partial charge in [-0.3, -0.25) is 14.5 Å². The fourth-order valence-corrected chi connectivity index (χ4v) is 2.92. The van der Waals surface area contributed by atoms with E-state index in [0.29, 0.717) is 6.04 Å². The summed E-state index contributed by atoms with van der Waals surface area (Å²) in [5.74, 6) is 0.433. The number of rotatable bonds is 3. The van der Waals surface area contributed by atoms with E-state index in [-0.39, 0.29) is 18.3 Å². The van der Waals surface area contributed by atoms with Gasteiger partial charge in [0.25, 0.3) is 6.47 Å². The third kappa shape index (κ3) is 4.52. The van der Waals surface area contributed by atoms with E-state index in [4.69, 9.17) is 9.90 Å². The molecule has 0 radical (unpaired) electrons. The molecule has 8 nitrogen and oxygen atoms in total. The molecule has 1 amide bonds. The van der Waals surface area contributed by atoms with Crippen LogP contribution in [0.2, 0.25) is 0 Å². The van der Waals surface area contributed by atoms with E-state index in [1.54, 1.807) is 12.7 Å². The van der Waals surface area contributed by atoms with E-state index in [1.165, 1.54) is 6.42 Å². The second kappa shape index (κ2) is 7.72. The van der Waals surface area contributed by atoms with Crippen molar-refractivity contribution in [2.75, 3.05) is 19.6 Å². The molecule has 116 valence electrons. The Morgan fingerprint density at radius 2 is 2.00 bits per heavy atom. The van der Waals surface area contributed by atoms with E-state index in [2.05, 4.69) is 20.4 Å². The molecule has 1 aromatic heterocycles. The van der Waals surface area contributed by atoms with Gasteiger partial charge in [0.2, 0.25) is 5.91 Å². The number of hydrogen-bond acceptors (Lipinski definition) is 5. The average Bonchev–Trinajstić information content (AvgIpc) is 2.83. The van der Waals surface area contributed by atoms with Gasteiger partial charge in [-0.25, -0.2) is 0 Å². The normalized spacial score (nSPS) is 25.2. The van der Waals surface area contributed by atoms with Crippen LogP contribution in [-0.4, -0.2) is 62.8 Å². The Bertz CT molecular complexity index is 451. The number of hydrogen-bond donors (Lipinski definition) is 2. The minimum absolute atomic E-state index is 0.179. The molecule has 0 aliphatic carbocycles. The number of fused-ring (bicyclic) bond motifs is 3. The molecular weight excluding hydrogens is 274 g/mol. The summed E-state index contributed by atoms with van der Waals surface area (Å²) in [5.41, 5.74) is 0. The molecule has 3 heterocycles. The molecule has 0 unspecified atom stereocenters. The van der Waals surface area contributed by atoms with Gasteiger partial charge in [0.1, 0.15) is 12.7 Å². The van der Waals surface area contributed by atoms with E-state index < -0.39 is 0 Å². The fourth-order valence-electron chi connectivity index (χ4n) is 2.92. The van der Waals surface area contributed by atoms with Crippen LogP contribution in [0.5, 0.6) is 0 Å². The van der Waals surface area contributed by atoms with Gasteiger partial charge in [-0.05, 0) is 12.8 Å². The summed E-state index contributed by atoms with van der Waals surface area (Å²) >= 11 is 0. The van der Waals surface area contributed by atoms with Crippen LogP contribution in [0.15, 0.2) is 12.7 Å². The molecule has 2 saturated heterocycles. The number of carbonyl (C=O) groups excluding carboxylic acids is 1. The summed E-state index contributed by atoms with van der Waals surface area (Å²) in [6.07, 6.45) is 6.80. The van der Waals surface area contributed by atoms with Crippen LogP contribution in [0, 0.1) is 5.92 Å². The molecule has 21 heavy (non-hydrogen) atoms. The Morgan fingerprint density at radius 1 is 1.29 bits per heavy atom. The van der Waals surface area contributed by atoms with Crippen LogP contribution in [0.4, 0.5) is 0 Å². The SMILES string of the molecule is O=C1N[C@H]2CCC[C@@H]1CN(CCn1cnnc1)C2.O=CO. The summed E-state index contributed by atoms with van der Waals surface area (Å²) in [5, 5.41) is 17.6. The van der Waals surface area contributed by atoms with E-state index in [0.717, 1.165) is 39.0 Å². The second-order valence-electron chi connectivity index (χ2n) is 5.40. The molecule has 8 heteroatoms. The van der Waals surface area contributed by atoms with Crippen molar-refractivity contribution in [3.05, 3.63) is 12.7 Å². The Labute approximate surface area is 123 Å². The lowest BCUT2D eigenvalue weighted by Crippen LogP contribution is -2.39. The van der Waals surface area contributed by atoms with E-state index in [1.807, 2.05) is 4.57 Å². The summed E-state index contributed by atoms with van der Waals surface area (Å²) in [7, 11) is 0. The van der Waals surface area contributed by atoms with Gasteiger partial charge in [-0.1, -0.05) is 6.42 Å². The fraction of sp³-hybridized carbons (Fsp3) is 0.692. The van der Waals surface area contributed by atoms with Crippen molar-refractivity contribution in [2.24, 2.45) is 5.92 Å². The molecule has 1 aromatic rings. The van der Waals surface area contributed by atoms with Crippen molar-refractivity contribution in [3.63, 3.8) is 0 Å². The van der Waals surface area contributed by atoms with Crippen LogP contribution in [-0.2, 0) is 16.1 Å². The van der Waals surface area contributed by atoms with Crippen LogP contribution in [0.25, 0.3) is 0 Å². The third-order valence-corrected chi connectivity index (χ3v) is 3.92. The minimum Gasteiger partial charge on any atom is -0.483 e. The Hall–Kier alpha value is -1.96. The zero-order valence-corrected chi connectivity index (χ0v) is 11.9. The van der Waals surface area contributed by atoms with Crippen LogP contribution >= 0.6 is 0 Å². The lowest BCUT2D eigenvalue weighted by atomic mass is 9.99. The number of aromatic nitrogens is 3. The zero-order chi connectivity index (χ0) is 15.1. The number of amides is 1. The largest absolute Gasteiger partial charge is 0.483 e. The standard InChI is InChI=1S/C12H19N5O.CH2O2/c18-12-10-2-1-3-11(15-12)7-16(6-10)4-5-17-8-13-14-9-17;2-1-3/h8-11H,1-7H2,(H,15,18);1H,(H,2,3)/t10-,11+;/m1./s1. The molecule has 2 N–H and O–H groups in total. The van der Waals surface area contributed by atoms with Gasteiger partial charge < -0.3 is 15.0 Å². The number of nitrogens with zero attached hydrogens (tertiary/aromatic N) is 4. The molecule has 3 rings (SSSR count). The topological polar surface area (TPSA) is 100 Å². The van der Waals surface area contributed by atoms with E-state index >= 15 is 0 Å². The van der Waals surface area contributed by atoms with Crippen molar-refractivity contribution < 1.29 is 14.7 Å². The van der Waals surface area contributed by atoms with E-state index in [9.17, 15) is 4.79 Å². The highest BCUT2D eigenvalue weighted by Crippen LogP contribution is 2.21. The molecule has 0 spiro atoms. The number of carboxylic acid groups (broad SMARTS) is 1. The number of nitrogens with one attached hydrogen (secondary N) is 1. The quantitative estimate of drug-likeness (QED) is 0.735. The summed E-state index contributed by atoms with van der Waals surface area (Å²) in [4.78, 5) is 22.7. The van der Waals surface area contributed by atoms with Gasteiger partial charge in [-0.15, -0.1) is 10.2 Å². The summed E-state index contributed by atoms with van der Waals surface area (Å²) < 4.78 is 1.98. The highest BCUT2D eigenvalue weighted by molar-refractivity contribution is 5.79. The van der Waals surface area contributed by atoms with Gasteiger partial charge >= 0.3 is 0 Å². The van der Waals surface area contributed by atoms with Gasteiger partial charge in [-0.2, -0.15) is 0 Å². The highest BCUT2D eigenvalue weighted by Gasteiger charge is 2.32. The van der Waals surface area contributed by atoms with Crippen molar-refractivity contribution in [1.29, 1.82) is 0 Å². The zero-order valence-electron chi connectivity index (χ0n) is 11.9. The van der Waals surface area contributed by atoms with Crippen LogP contribution < -0.4 is 5.32 Å². The highest BCUT2D eigenvalue weighted by atomic mass is 16.3. The lowest BCUT2D eigenvalue weighted by molar-refractivity contribution is -0.125. The molecule has 2 fully saturated rings. The molecule has 2 aliphatic rings. The molecule has 2 aliphatic heterocycles. The number of likely N-dealkylation sites (tertiary alicyclic amines) is 1. The lowest BCUT2D eigenvalue weighted by Gasteiger charge is -2.27. The van der Waals surface area contributed by atoms with Crippen molar-refractivity contribution in [1.82, 2.24) is 25.0 Å². The maximum Gasteiger partial charge on any atom is 0.290 e. The predicted octanol–water partition coefficient (Wildman–Crippen LogP) is -0.421. The summed E-state index contributed by atoms with van der Waals surface area (Å²) in [6.45, 7) is 3.47. The molecule has 2 bridgehead atoms. The number of carbonyl (C=O) groups is 2. The first-order chi connectivity index (χ1) is 10.2. The smallest absolute Gasteiger partial charge is 0.290 e. The Kier molecular flexibility index (Phi) is 5.68. The predicted molar refractivity (Wildman–Crippen MR) is 74.4 cm³/mol. The van der Waals surface area contributed by atoms with Gasteiger partial charge in [0.05, 0.1) is 5.92 Å². The van der Waals surface area contributed by atoms with Crippen LogP contribution in [0.1, 0.15) is 19.3 Å². The average molecular weight is 295 g/mol. The van der Waals surface area contributed by atoms with Crippen molar-refractivity contribution in [2.45, 2.75) is 31.8 Å². The third-order valence-electron chi connectivity index (χ3n) is 3.92. The van der Waals surface area contributed by atoms with Crippen molar-refractivity contribution in [3.8, 4) is 0 Å². The Morgan fingerprint density at radius 3 is 2.71 bits per heavy atom. The monoisotopic (exact) mass is 295 g/mol. The van der Waals surface area contributed by atoms with Gasteiger partial charge in [0, 0.05) is 32.2 Å². The molecule has 2 atom stereocenters. The first kappa shape index (κ1) is 15.4. The first-order valence-corrected chi connectivity index (χ1v) is 7.16. The Balaban J connectivity index is 0.000000497. The van der Waals surface area contributed by atoms with Crippen LogP contribution in [0.3, 0.4) is 0 Å². The molecule has 0 saturated carbocycles. The maximum atomic E-state index is 11.9.